The molecule has 0 spiro atoms. The Labute approximate surface area is 108 Å². The maximum atomic E-state index is 9.22. The van der Waals surface area contributed by atoms with Crippen molar-refractivity contribution in [3.05, 3.63) is 30.3 Å². The molecule has 0 fully saturated rings. The summed E-state index contributed by atoms with van der Waals surface area (Å²) in [4.78, 5) is 0. The van der Waals surface area contributed by atoms with Crippen LogP contribution in [0.15, 0.2) is 40.6 Å². The maximum Gasteiger partial charge on any atom is 0.165 e. The van der Waals surface area contributed by atoms with Gasteiger partial charge in [-0.15, -0.1) is 0 Å². The predicted molar refractivity (Wildman–Crippen MR) is 70.6 cm³/mol. The molecule has 1 aromatic rings. The fourth-order valence-corrected chi connectivity index (χ4v) is 1.49. The molecule has 0 bridgehead atoms. The molecule has 18 heavy (non-hydrogen) atoms. The maximum absolute atomic E-state index is 9.22. The Morgan fingerprint density at radius 3 is 2.39 bits per heavy atom. The average Bonchev–Trinajstić information content (AvgIpc) is 2.39. The number of hydrogen-bond acceptors (Lipinski definition) is 4. The topological polar surface area (TPSA) is 57.7 Å². The number of nitriles is 1. The van der Waals surface area contributed by atoms with E-state index >= 15 is 0 Å². The Morgan fingerprint density at radius 2 is 1.89 bits per heavy atom. The molecule has 0 aliphatic heterocycles. The minimum absolute atomic E-state index is 0.0723. The van der Waals surface area contributed by atoms with Gasteiger partial charge in [0, 0.05) is 12.5 Å². The van der Waals surface area contributed by atoms with Crippen LogP contribution in [0.5, 0.6) is 0 Å². The van der Waals surface area contributed by atoms with Gasteiger partial charge in [-0.1, -0.05) is 32.0 Å². The van der Waals surface area contributed by atoms with Crippen molar-refractivity contribution in [1.29, 1.82) is 5.26 Å². The molecule has 1 aromatic carbocycles. The van der Waals surface area contributed by atoms with Crippen LogP contribution in [-0.2, 0) is 4.74 Å². The van der Waals surface area contributed by atoms with Crippen molar-refractivity contribution in [3.8, 4) is 6.07 Å². The average molecular weight is 245 g/mol. The molecule has 2 atom stereocenters. The van der Waals surface area contributed by atoms with Crippen LogP contribution in [0, 0.1) is 16.7 Å². The van der Waals surface area contributed by atoms with E-state index in [4.69, 9.17) is 4.74 Å². The van der Waals surface area contributed by atoms with Gasteiger partial charge in [-0.05, 0) is 19.1 Å². The van der Waals surface area contributed by atoms with E-state index in [-0.39, 0.29) is 11.5 Å². The van der Waals surface area contributed by atoms with Crippen LogP contribution >= 0.6 is 0 Å². The lowest BCUT2D eigenvalue weighted by Gasteiger charge is -2.31. The molecule has 0 heterocycles. The molecule has 0 amide bonds. The monoisotopic (exact) mass is 245 g/mol. The third-order valence-electron chi connectivity index (χ3n) is 3.27. The Morgan fingerprint density at radius 1 is 1.28 bits per heavy atom. The fourth-order valence-electron chi connectivity index (χ4n) is 1.49. The van der Waals surface area contributed by atoms with E-state index in [1.165, 1.54) is 0 Å². The summed E-state index contributed by atoms with van der Waals surface area (Å²) < 4.78 is 5.30. The first-order valence-electron chi connectivity index (χ1n) is 5.90. The minimum atomic E-state index is -0.535. The van der Waals surface area contributed by atoms with Gasteiger partial charge in [0.2, 0.25) is 0 Å². The highest BCUT2D eigenvalue weighted by Gasteiger charge is 2.35. The first-order chi connectivity index (χ1) is 8.52. The second-order valence-corrected chi connectivity index (χ2v) is 4.78. The lowest BCUT2D eigenvalue weighted by molar-refractivity contribution is 0.0148. The number of ether oxygens (including phenoxy) is 1. The van der Waals surface area contributed by atoms with Crippen LogP contribution in [0.4, 0.5) is 5.69 Å². The largest absolute Gasteiger partial charge is 0.381 e. The lowest BCUT2D eigenvalue weighted by atomic mass is 9.80. The van der Waals surface area contributed by atoms with E-state index < -0.39 is 6.04 Å². The zero-order valence-electron chi connectivity index (χ0n) is 11.3. The molecule has 0 aromatic heterocycles. The van der Waals surface area contributed by atoms with Crippen molar-refractivity contribution in [3.63, 3.8) is 0 Å². The summed E-state index contributed by atoms with van der Waals surface area (Å²) in [5.74, 6) is 0. The normalized spacial score (nSPS) is 15.3. The molecule has 0 radical (unpaired) electrons. The molecule has 0 N–H and O–H groups in total. The lowest BCUT2D eigenvalue weighted by Crippen LogP contribution is -2.38. The number of rotatable bonds is 5. The Hall–Kier alpha value is -1.73. The summed E-state index contributed by atoms with van der Waals surface area (Å²) >= 11 is 0. The van der Waals surface area contributed by atoms with Crippen molar-refractivity contribution < 1.29 is 4.74 Å². The van der Waals surface area contributed by atoms with Crippen LogP contribution in [0.3, 0.4) is 0 Å². The van der Waals surface area contributed by atoms with Gasteiger partial charge >= 0.3 is 0 Å². The van der Waals surface area contributed by atoms with E-state index in [2.05, 4.69) is 16.3 Å². The van der Waals surface area contributed by atoms with Crippen LogP contribution < -0.4 is 0 Å². The van der Waals surface area contributed by atoms with Gasteiger partial charge < -0.3 is 4.74 Å². The van der Waals surface area contributed by atoms with Crippen LogP contribution in [0.1, 0.15) is 20.8 Å². The summed E-state index contributed by atoms with van der Waals surface area (Å²) in [6.07, 6.45) is -0.0723. The molecule has 0 aliphatic rings. The van der Waals surface area contributed by atoms with Gasteiger partial charge in [0.1, 0.15) is 0 Å². The van der Waals surface area contributed by atoms with Gasteiger partial charge in [0.25, 0.3) is 0 Å². The Balaban J connectivity index is 2.86. The smallest absolute Gasteiger partial charge is 0.165 e. The van der Waals surface area contributed by atoms with E-state index in [1.54, 1.807) is 7.11 Å². The summed E-state index contributed by atoms with van der Waals surface area (Å²) in [6.45, 7) is 5.85. The highest BCUT2D eigenvalue weighted by molar-refractivity contribution is 5.34. The number of nitrogens with zero attached hydrogens (tertiary/aromatic N) is 3. The van der Waals surface area contributed by atoms with Crippen molar-refractivity contribution in [1.82, 2.24) is 0 Å². The number of azo groups is 1. The predicted octanol–water partition coefficient (Wildman–Crippen LogP) is 3.72. The Bertz CT molecular complexity index is 434. The summed E-state index contributed by atoms with van der Waals surface area (Å²) in [5.41, 5.74) is 0.362. The molecule has 1 rings (SSSR count). The Kier molecular flexibility index (Phi) is 4.99. The number of hydrogen-bond donors (Lipinski definition) is 0. The summed E-state index contributed by atoms with van der Waals surface area (Å²) in [7, 11) is 1.63. The summed E-state index contributed by atoms with van der Waals surface area (Å²) in [5, 5.41) is 17.5. The van der Waals surface area contributed by atoms with E-state index in [0.717, 1.165) is 5.69 Å². The highest BCUT2D eigenvalue weighted by atomic mass is 16.5. The molecule has 0 saturated carbocycles. The molecular weight excluding hydrogens is 226 g/mol. The first-order valence-corrected chi connectivity index (χ1v) is 5.90. The standard InChI is InChI=1S/C14H19N3O/c1-11(18-4)14(2,3)13(10-15)17-16-12-8-6-5-7-9-12/h5-9,11,13H,1-4H3. The molecule has 4 heteroatoms. The van der Waals surface area contributed by atoms with Gasteiger partial charge in [-0.25, -0.2) is 0 Å². The second-order valence-electron chi connectivity index (χ2n) is 4.78. The molecular formula is C14H19N3O. The van der Waals surface area contributed by atoms with Crippen LogP contribution in [0.2, 0.25) is 0 Å². The zero-order valence-corrected chi connectivity index (χ0v) is 11.3. The van der Waals surface area contributed by atoms with Crippen LogP contribution in [0.25, 0.3) is 0 Å². The van der Waals surface area contributed by atoms with E-state index in [9.17, 15) is 5.26 Å². The number of benzene rings is 1. The fraction of sp³-hybridized carbons (Fsp3) is 0.500. The molecule has 0 aliphatic carbocycles. The third kappa shape index (κ3) is 3.38. The van der Waals surface area contributed by atoms with Gasteiger partial charge in [-0.2, -0.15) is 15.5 Å². The zero-order chi connectivity index (χ0) is 13.6. The quantitative estimate of drug-likeness (QED) is 0.742. The van der Waals surface area contributed by atoms with Crippen molar-refractivity contribution in [2.75, 3.05) is 7.11 Å². The summed E-state index contributed by atoms with van der Waals surface area (Å²) in [6, 6.07) is 11.0. The number of methoxy groups -OCH3 is 1. The minimum Gasteiger partial charge on any atom is -0.381 e. The molecule has 2 unspecified atom stereocenters. The molecule has 0 saturated heterocycles. The second kappa shape index (κ2) is 6.27. The van der Waals surface area contributed by atoms with E-state index in [1.807, 2.05) is 51.1 Å². The molecule has 96 valence electrons. The van der Waals surface area contributed by atoms with Gasteiger partial charge in [-0.3, -0.25) is 0 Å². The SMILES string of the molecule is COC(C)C(C)(C)C(C#N)N=Nc1ccccc1. The van der Waals surface area contributed by atoms with Crippen molar-refractivity contribution in [2.45, 2.75) is 32.9 Å². The first kappa shape index (κ1) is 14.3. The van der Waals surface area contributed by atoms with E-state index in [0.29, 0.717) is 0 Å². The highest BCUT2D eigenvalue weighted by Crippen LogP contribution is 2.30. The van der Waals surface area contributed by atoms with Crippen molar-refractivity contribution >= 4 is 5.69 Å². The van der Waals surface area contributed by atoms with Crippen LogP contribution in [-0.4, -0.2) is 19.3 Å². The van der Waals surface area contributed by atoms with Gasteiger partial charge in [0.15, 0.2) is 6.04 Å². The van der Waals surface area contributed by atoms with Crippen molar-refractivity contribution in [2.24, 2.45) is 15.6 Å². The van der Waals surface area contributed by atoms with Gasteiger partial charge in [0.05, 0.1) is 17.9 Å². The third-order valence-corrected chi connectivity index (χ3v) is 3.27. The molecule has 4 nitrogen and oxygen atoms in total.